The predicted molar refractivity (Wildman–Crippen MR) is 67.4 cm³/mol. The van der Waals surface area contributed by atoms with E-state index in [9.17, 15) is 0 Å². The molecule has 0 unspecified atom stereocenters. The topological polar surface area (TPSA) is 285 Å². The average Bonchev–Trinajstić information content (AvgIpc) is 2.77. The van der Waals surface area contributed by atoms with Crippen LogP contribution in [0.2, 0.25) is 0 Å². The molecule has 0 aliphatic heterocycles. The van der Waals surface area contributed by atoms with E-state index >= 15 is 0 Å². The first-order valence-corrected chi connectivity index (χ1v) is 11.4. The Kier molecular flexibility index (Phi) is 31.4. The van der Waals surface area contributed by atoms with E-state index in [4.69, 9.17) is 63.1 Å². The number of rotatable bonds is 0. The Morgan fingerprint density at radius 3 is 0.312 bits per heavy atom. The van der Waals surface area contributed by atoms with Crippen LogP contribution in [0.15, 0.2) is 0 Å². The van der Waals surface area contributed by atoms with E-state index in [1.165, 1.54) is 0 Å². The van der Waals surface area contributed by atoms with Crippen LogP contribution in [0.1, 0.15) is 0 Å². The summed E-state index contributed by atoms with van der Waals surface area (Å²) in [5.41, 5.74) is 0. The molecule has 0 aliphatic carbocycles. The van der Waals surface area contributed by atoms with Crippen molar-refractivity contribution in [3.63, 3.8) is 0 Å². The fraction of sp³-hybridized carbons (Fsp3) is 0. The van der Waals surface area contributed by atoms with Crippen molar-refractivity contribution < 1.29 is 264 Å². The van der Waals surface area contributed by atoms with Crippen molar-refractivity contribution in [2.24, 2.45) is 0 Å². The van der Waals surface area contributed by atoms with E-state index in [2.05, 4.69) is 0 Å². The summed E-state index contributed by atoms with van der Waals surface area (Å²) in [5.74, 6) is 0. The van der Waals surface area contributed by atoms with E-state index in [1.54, 1.807) is 0 Å². The summed E-state index contributed by atoms with van der Waals surface area (Å²) in [6.07, 6.45) is 0. The van der Waals surface area contributed by atoms with Crippen molar-refractivity contribution in [3.8, 4) is 59.6 Å². The summed E-state index contributed by atoms with van der Waals surface area (Å²) in [7, 11) is -12.3. The molecule has 0 bridgehead atoms. The maximum absolute atomic E-state index is 8.58. The predicted octanol–water partition coefficient (Wildman–Crippen LogP) is -17.8. The quantitative estimate of drug-likeness (QED) is 0.231. The van der Waals surface area contributed by atoms with Crippen molar-refractivity contribution >= 4 is 0 Å². The smallest absolute Gasteiger partial charge is 1.00 e. The van der Waals surface area contributed by atoms with Gasteiger partial charge in [-0.3, -0.25) is 0 Å². The molecule has 32 heavy (non-hydrogen) atoms. The van der Waals surface area contributed by atoms with Gasteiger partial charge in [0.15, 0.2) is 0 Å². The van der Waals surface area contributed by atoms with E-state index in [0.29, 0.717) is 0 Å². The summed E-state index contributed by atoms with van der Waals surface area (Å²) < 4.78 is 0. The van der Waals surface area contributed by atoms with Gasteiger partial charge in [-0.05, 0) is 0 Å². The van der Waals surface area contributed by atoms with Gasteiger partial charge in [0.1, 0.15) is 0 Å². The van der Waals surface area contributed by atoms with Gasteiger partial charge in [0.2, 0.25) is 0 Å². The van der Waals surface area contributed by atoms with Crippen LogP contribution in [-0.2, 0) is 21.5 Å². The van der Waals surface area contributed by atoms with Gasteiger partial charge >= 0.3 is 387 Å². The van der Waals surface area contributed by atoms with Crippen LogP contribution >= 0.6 is 0 Å². The molecule has 0 saturated heterocycles. The summed E-state index contributed by atoms with van der Waals surface area (Å²) in [6, 6.07) is 0. The van der Waals surface area contributed by atoms with Crippen LogP contribution in [-0.4, -0.2) is 0 Å². The molecule has 0 rings (SSSR count). The van der Waals surface area contributed by atoms with Crippen LogP contribution in [0.25, 0.3) is 0 Å². The molecule has 0 amide bonds. The van der Waals surface area contributed by atoms with Crippen molar-refractivity contribution in [2.75, 3.05) is 0 Å². The zero-order valence-corrected chi connectivity index (χ0v) is 35.7. The second-order valence-corrected chi connectivity index (χ2v) is 14.8. The minimum atomic E-state index is -6.17. The fourth-order valence-electron chi connectivity index (χ4n) is 0.530. The zero-order valence-electron chi connectivity index (χ0n) is 18.1. The normalized spacial score (nSPS) is 10.9. The molecule has 0 saturated carbocycles. The molecule has 0 heterocycles. The summed E-state index contributed by atoms with van der Waals surface area (Å²) in [4.78, 5) is 12.4. The largest absolute Gasteiger partial charge is 1.00 e. The summed E-state index contributed by atoms with van der Waals surface area (Å²) >= 11 is 0. The number of hydrogen-bond donors (Lipinski definition) is 0. The zero-order chi connectivity index (χ0) is 21.3. The first-order valence-electron chi connectivity index (χ1n) is 4.80. The van der Waals surface area contributed by atoms with E-state index in [0.717, 1.165) is 59.6 Å². The molecular weight excluding hydrogens is 610 g/mol. The summed E-state index contributed by atoms with van der Waals surface area (Å²) in [6.45, 7) is 0. The van der Waals surface area contributed by atoms with E-state index < -0.39 is 21.5 Å². The molecule has 0 aliphatic rings. The van der Waals surface area contributed by atoms with Crippen molar-refractivity contribution in [1.82, 2.24) is 0 Å². The van der Waals surface area contributed by atoms with Gasteiger partial charge in [0.05, 0.1) is 0 Å². The Morgan fingerprint density at radius 2 is 0.312 bits per heavy atom. The van der Waals surface area contributed by atoms with Gasteiger partial charge in [0.25, 0.3) is 0 Å². The van der Waals surface area contributed by atoms with Crippen LogP contribution < -0.4 is 243 Å². The fourth-order valence-corrected chi connectivity index (χ4v) is 2.19. The molecule has 0 radical (unpaired) electrons. The van der Waals surface area contributed by atoms with Crippen LogP contribution in [0, 0.1) is 123 Å². The van der Waals surface area contributed by atoms with Gasteiger partial charge in [0, 0.05) is 0 Å². The number of hydrogen-bond acceptors (Lipinski definition) is 12. The van der Waals surface area contributed by atoms with Gasteiger partial charge in [-0.1, -0.05) is 0 Å². The van der Waals surface area contributed by atoms with Crippen molar-refractivity contribution in [3.05, 3.63) is 0 Å². The number of nitrogens with zero attached hydrogens (tertiary/aromatic N) is 12. The minimum Gasteiger partial charge on any atom is 1.00 e. The van der Waals surface area contributed by atoms with Crippen LogP contribution in [0.5, 0.6) is 0 Å². The SMILES string of the molecule is N#[C][Fe-3]([C]#N)([C]#N)([C]#N)([C]#N)[C]#N.N#[C][Fe-3]([C]#N)([C]#N)([C]#N)([C]#N)[C]#N.[K+].[K+].[K+].[Na+].[Na+].[Na+]. The number of nitriles is 12. The molecule has 0 aromatic carbocycles. The second kappa shape index (κ2) is 18.1. The minimum absolute atomic E-state index is 0. The van der Waals surface area contributed by atoms with Gasteiger partial charge < -0.3 is 0 Å². The Morgan fingerprint density at radius 1 is 0.250 bits per heavy atom. The first kappa shape index (κ1) is 55.4. The Labute approximate surface area is 376 Å². The molecule has 0 atom stereocenters. The third kappa shape index (κ3) is 8.42. The van der Waals surface area contributed by atoms with Crippen LogP contribution in [0.3, 0.4) is 0 Å². The van der Waals surface area contributed by atoms with Crippen molar-refractivity contribution in [2.45, 2.75) is 0 Å². The van der Waals surface area contributed by atoms with Gasteiger partial charge in [-0.2, -0.15) is 0 Å². The van der Waals surface area contributed by atoms with Gasteiger partial charge in [-0.25, -0.2) is 0 Å². The third-order valence-electron chi connectivity index (χ3n) is 2.37. The molecule has 0 N–H and O–H groups in total. The molecule has 0 aromatic heterocycles. The second-order valence-electron chi connectivity index (χ2n) is 3.60. The van der Waals surface area contributed by atoms with Crippen LogP contribution in [0.4, 0.5) is 0 Å². The molecule has 0 spiro atoms. The molecule has 130 valence electrons. The van der Waals surface area contributed by atoms with Gasteiger partial charge in [-0.15, -0.1) is 0 Å². The van der Waals surface area contributed by atoms with E-state index in [1.807, 2.05) is 0 Å². The average molecular weight is 610 g/mol. The molecule has 12 nitrogen and oxygen atoms in total. The Hall–Kier alpha value is 2.83. The maximum atomic E-state index is 8.58. The maximum Gasteiger partial charge on any atom is 1.00 e. The molecule has 20 heteroatoms. The van der Waals surface area contributed by atoms with E-state index in [-0.39, 0.29) is 243 Å². The monoisotopic (exact) mass is 610 g/mol. The molecular formula is C12Fe2K3N12Na3. The first-order chi connectivity index (χ1) is 11.9. The summed E-state index contributed by atoms with van der Waals surface area (Å²) in [5, 5.41) is 103. The Balaban J connectivity index is -0.0000000505. The molecule has 0 fully saturated rings. The Bertz CT molecular complexity index is 904. The molecule has 0 aromatic rings. The third-order valence-corrected chi connectivity index (χ3v) is 9.78. The van der Waals surface area contributed by atoms with Crippen molar-refractivity contribution in [1.29, 1.82) is 63.1 Å². The standard InChI is InChI=1S/12CN.2Fe.3K.3Na/c12*1-2;;;;;;;;/q;;;;;;;;;;;;2*-3;6*+1.